The average molecular weight is 334 g/mol. The first-order chi connectivity index (χ1) is 9.86. The van der Waals surface area contributed by atoms with Crippen molar-refractivity contribution in [2.24, 2.45) is 5.92 Å². The smallest absolute Gasteiger partial charge is 0.264 e. The minimum absolute atomic E-state index is 0.178. The number of rotatable bonds is 4. The van der Waals surface area contributed by atoms with E-state index in [1.165, 1.54) is 12.5 Å². The molecular weight excluding hydrogens is 317 g/mol. The first-order valence-electron chi connectivity index (χ1n) is 6.90. The predicted octanol–water partition coefficient (Wildman–Crippen LogP) is 3.66. The van der Waals surface area contributed by atoms with E-state index in [1.54, 1.807) is 0 Å². The second-order valence-electron chi connectivity index (χ2n) is 5.34. The van der Waals surface area contributed by atoms with Gasteiger partial charge >= 0.3 is 0 Å². The molecule has 1 fully saturated rings. The SMILES string of the molecule is O=C(CC1CCCCC1)Nc1ccc(S(=O)(=O)Cl)c(F)c1. The molecule has 1 saturated carbocycles. The van der Waals surface area contributed by atoms with E-state index >= 15 is 0 Å². The number of amides is 1. The molecule has 0 radical (unpaired) electrons. The summed E-state index contributed by atoms with van der Waals surface area (Å²) in [4.78, 5) is 11.3. The summed E-state index contributed by atoms with van der Waals surface area (Å²) in [7, 11) is 0.979. The van der Waals surface area contributed by atoms with Crippen LogP contribution in [0.5, 0.6) is 0 Å². The highest BCUT2D eigenvalue weighted by Gasteiger charge is 2.19. The molecule has 0 unspecified atom stereocenters. The molecule has 0 aromatic heterocycles. The Kier molecular flexibility index (Phi) is 5.22. The molecule has 1 aliphatic carbocycles. The Bertz CT molecular complexity index is 627. The van der Waals surface area contributed by atoms with Gasteiger partial charge in [-0.15, -0.1) is 0 Å². The third-order valence-corrected chi connectivity index (χ3v) is 5.03. The van der Waals surface area contributed by atoms with E-state index in [0.29, 0.717) is 12.3 Å². The van der Waals surface area contributed by atoms with Gasteiger partial charge in [0, 0.05) is 22.8 Å². The molecule has 0 saturated heterocycles. The van der Waals surface area contributed by atoms with Crippen LogP contribution in [0.1, 0.15) is 38.5 Å². The molecule has 2 rings (SSSR count). The van der Waals surface area contributed by atoms with Gasteiger partial charge < -0.3 is 5.32 Å². The number of nitrogens with one attached hydrogen (secondary N) is 1. The molecule has 4 nitrogen and oxygen atoms in total. The van der Waals surface area contributed by atoms with Gasteiger partial charge in [0.2, 0.25) is 5.91 Å². The average Bonchev–Trinajstić information content (AvgIpc) is 2.38. The summed E-state index contributed by atoms with van der Waals surface area (Å²) in [6.45, 7) is 0. The summed E-state index contributed by atoms with van der Waals surface area (Å²) in [5.74, 6) is -0.769. The van der Waals surface area contributed by atoms with Crippen LogP contribution in [-0.2, 0) is 13.8 Å². The van der Waals surface area contributed by atoms with Crippen molar-refractivity contribution < 1.29 is 17.6 Å². The normalized spacial score (nSPS) is 16.7. The van der Waals surface area contributed by atoms with Crippen molar-refractivity contribution >= 4 is 31.3 Å². The molecule has 0 atom stereocenters. The van der Waals surface area contributed by atoms with Crippen LogP contribution in [0.4, 0.5) is 10.1 Å². The van der Waals surface area contributed by atoms with Crippen molar-refractivity contribution in [3.63, 3.8) is 0 Å². The number of hydrogen-bond donors (Lipinski definition) is 1. The van der Waals surface area contributed by atoms with Crippen molar-refractivity contribution in [3.8, 4) is 0 Å². The van der Waals surface area contributed by atoms with E-state index < -0.39 is 19.8 Å². The molecule has 0 bridgehead atoms. The monoisotopic (exact) mass is 333 g/mol. The van der Waals surface area contributed by atoms with Gasteiger partial charge in [-0.1, -0.05) is 19.3 Å². The maximum Gasteiger partial charge on any atom is 0.264 e. The second-order valence-corrected chi connectivity index (χ2v) is 7.87. The Morgan fingerprint density at radius 3 is 2.52 bits per heavy atom. The van der Waals surface area contributed by atoms with Gasteiger partial charge in [-0.25, -0.2) is 12.8 Å². The van der Waals surface area contributed by atoms with Gasteiger partial charge in [0.15, 0.2) is 0 Å². The molecule has 0 heterocycles. The zero-order chi connectivity index (χ0) is 15.5. The minimum Gasteiger partial charge on any atom is -0.326 e. The largest absolute Gasteiger partial charge is 0.326 e. The third-order valence-electron chi connectivity index (χ3n) is 3.68. The number of anilines is 1. The highest BCUT2D eigenvalue weighted by atomic mass is 35.7. The Hall–Kier alpha value is -1.14. The minimum atomic E-state index is -4.12. The van der Waals surface area contributed by atoms with Gasteiger partial charge in [-0.2, -0.15) is 0 Å². The molecule has 1 amide bonds. The lowest BCUT2D eigenvalue weighted by Crippen LogP contribution is -2.18. The summed E-state index contributed by atoms with van der Waals surface area (Å²) in [6, 6.07) is 3.35. The number of halogens is 2. The fraction of sp³-hybridized carbons (Fsp3) is 0.500. The molecule has 0 aliphatic heterocycles. The van der Waals surface area contributed by atoms with Crippen molar-refractivity contribution in [1.82, 2.24) is 0 Å². The van der Waals surface area contributed by atoms with Gasteiger partial charge in [0.25, 0.3) is 9.05 Å². The van der Waals surface area contributed by atoms with E-state index in [9.17, 15) is 17.6 Å². The Balaban J connectivity index is 1.99. The Morgan fingerprint density at radius 1 is 1.29 bits per heavy atom. The van der Waals surface area contributed by atoms with E-state index in [4.69, 9.17) is 10.7 Å². The van der Waals surface area contributed by atoms with Crippen LogP contribution in [0.25, 0.3) is 0 Å². The van der Waals surface area contributed by atoms with Crippen LogP contribution in [0, 0.1) is 11.7 Å². The summed E-state index contributed by atoms with van der Waals surface area (Å²) in [5.41, 5.74) is 0.234. The maximum absolute atomic E-state index is 13.6. The molecule has 116 valence electrons. The van der Waals surface area contributed by atoms with Crippen LogP contribution in [-0.4, -0.2) is 14.3 Å². The zero-order valence-electron chi connectivity index (χ0n) is 11.4. The Morgan fingerprint density at radius 2 is 1.95 bits per heavy atom. The highest BCUT2D eigenvalue weighted by molar-refractivity contribution is 8.13. The molecule has 1 aromatic rings. The van der Waals surface area contributed by atoms with E-state index in [-0.39, 0.29) is 11.6 Å². The summed E-state index contributed by atoms with van der Waals surface area (Å²) >= 11 is 0. The van der Waals surface area contributed by atoms with E-state index in [0.717, 1.165) is 37.8 Å². The van der Waals surface area contributed by atoms with Gasteiger partial charge in [0.05, 0.1) is 0 Å². The molecule has 0 spiro atoms. The lowest BCUT2D eigenvalue weighted by atomic mass is 9.87. The van der Waals surface area contributed by atoms with Crippen LogP contribution in [0.3, 0.4) is 0 Å². The topological polar surface area (TPSA) is 63.2 Å². The number of carbonyl (C=O) groups excluding carboxylic acids is 1. The van der Waals surface area contributed by atoms with Gasteiger partial charge in [0.1, 0.15) is 10.7 Å². The second kappa shape index (κ2) is 6.75. The summed E-state index contributed by atoms with van der Waals surface area (Å²) in [5, 5.41) is 2.59. The van der Waals surface area contributed by atoms with Crippen molar-refractivity contribution in [3.05, 3.63) is 24.0 Å². The highest BCUT2D eigenvalue weighted by Crippen LogP contribution is 2.27. The number of benzene rings is 1. The molecule has 1 N–H and O–H groups in total. The zero-order valence-corrected chi connectivity index (χ0v) is 13.0. The van der Waals surface area contributed by atoms with Crippen LogP contribution in [0.15, 0.2) is 23.1 Å². The molecule has 1 aliphatic rings. The van der Waals surface area contributed by atoms with Gasteiger partial charge in [-0.3, -0.25) is 4.79 Å². The van der Waals surface area contributed by atoms with Crippen LogP contribution >= 0.6 is 10.7 Å². The number of hydrogen-bond acceptors (Lipinski definition) is 3. The fourth-order valence-electron chi connectivity index (χ4n) is 2.64. The summed E-state index contributed by atoms with van der Waals surface area (Å²) in [6.07, 6.45) is 6.02. The molecule has 21 heavy (non-hydrogen) atoms. The van der Waals surface area contributed by atoms with Crippen molar-refractivity contribution in [2.75, 3.05) is 5.32 Å². The lowest BCUT2D eigenvalue weighted by molar-refractivity contribution is -0.117. The predicted molar refractivity (Wildman–Crippen MR) is 79.3 cm³/mol. The lowest BCUT2D eigenvalue weighted by Gasteiger charge is -2.20. The quantitative estimate of drug-likeness (QED) is 0.855. The van der Waals surface area contributed by atoms with E-state index in [1.807, 2.05) is 0 Å². The number of carbonyl (C=O) groups is 1. The van der Waals surface area contributed by atoms with Crippen LogP contribution in [0.2, 0.25) is 0 Å². The Labute approximate surface area is 128 Å². The first-order valence-corrected chi connectivity index (χ1v) is 9.21. The molecular formula is C14H17ClFNO3S. The van der Waals surface area contributed by atoms with Crippen molar-refractivity contribution in [2.45, 2.75) is 43.4 Å². The molecule has 7 heteroatoms. The van der Waals surface area contributed by atoms with E-state index in [2.05, 4.69) is 5.32 Å². The fourth-order valence-corrected chi connectivity index (χ4v) is 3.54. The standard InChI is InChI=1S/C14H17ClFNO3S/c15-21(19,20)13-7-6-11(9-12(13)16)17-14(18)8-10-4-2-1-3-5-10/h6-7,9-10H,1-5,8H2,(H,17,18). The van der Waals surface area contributed by atoms with Gasteiger partial charge in [-0.05, 0) is 37.0 Å². The van der Waals surface area contributed by atoms with Crippen LogP contribution < -0.4 is 5.32 Å². The first kappa shape index (κ1) is 16.2. The van der Waals surface area contributed by atoms with Crippen molar-refractivity contribution in [1.29, 1.82) is 0 Å². The summed E-state index contributed by atoms with van der Waals surface area (Å²) < 4.78 is 35.8. The third kappa shape index (κ3) is 4.68. The molecule has 1 aromatic carbocycles. The maximum atomic E-state index is 13.6.